The van der Waals surface area contributed by atoms with E-state index in [-0.39, 0.29) is 0 Å². The van der Waals surface area contributed by atoms with Crippen molar-refractivity contribution in [1.29, 1.82) is 5.26 Å². The molecular formula is C19H26N. The zero-order valence-electron chi connectivity index (χ0n) is 12.7. The third-order valence-electron chi connectivity index (χ3n) is 3.48. The third kappa shape index (κ3) is 7.79. The minimum absolute atomic E-state index is 0.610. The van der Waals surface area contributed by atoms with Crippen LogP contribution >= 0.6 is 0 Å². The quantitative estimate of drug-likeness (QED) is 0.484. The molecule has 0 aliphatic carbocycles. The van der Waals surface area contributed by atoms with Crippen LogP contribution in [0.25, 0.3) is 6.08 Å². The molecule has 1 aromatic rings. The summed E-state index contributed by atoms with van der Waals surface area (Å²) in [6.07, 6.45) is 16.4. The molecule has 0 amide bonds. The number of rotatable bonds is 10. The topological polar surface area (TPSA) is 23.8 Å². The molecule has 0 saturated carbocycles. The van der Waals surface area contributed by atoms with Crippen molar-refractivity contribution >= 4 is 6.08 Å². The summed E-state index contributed by atoms with van der Waals surface area (Å²) in [4.78, 5) is 0. The van der Waals surface area contributed by atoms with Crippen molar-refractivity contribution in [3.8, 4) is 6.07 Å². The first kappa shape index (κ1) is 16.5. The van der Waals surface area contributed by atoms with Crippen LogP contribution in [0.15, 0.2) is 24.3 Å². The molecule has 0 bridgehead atoms. The van der Waals surface area contributed by atoms with Crippen molar-refractivity contribution in [2.45, 2.75) is 64.7 Å². The average Bonchev–Trinajstić information content (AvgIpc) is 2.49. The Bertz CT molecular complexity index is 426. The standard InChI is InChI=1S/C19H26N/c1-2-3-4-5-6-7-8-9-10-11-13-18-14-12-15-19(16-18)17-20/h11-14,16H,2-10H2,1H3. The molecule has 0 aliphatic heterocycles. The molecule has 1 rings (SSSR count). The molecule has 0 fully saturated rings. The summed E-state index contributed by atoms with van der Waals surface area (Å²) in [5, 5.41) is 8.80. The molecular weight excluding hydrogens is 242 g/mol. The predicted octanol–water partition coefficient (Wildman–Crippen LogP) is 5.90. The predicted molar refractivity (Wildman–Crippen MR) is 86.3 cm³/mol. The second-order valence-corrected chi connectivity index (χ2v) is 5.31. The Balaban J connectivity index is 2.06. The smallest absolute Gasteiger partial charge is 0.0998 e. The van der Waals surface area contributed by atoms with E-state index in [0.717, 1.165) is 12.0 Å². The van der Waals surface area contributed by atoms with Crippen molar-refractivity contribution in [3.05, 3.63) is 41.5 Å². The molecule has 0 N–H and O–H groups in total. The molecule has 0 unspecified atom stereocenters. The molecule has 0 atom stereocenters. The summed E-state index contributed by atoms with van der Waals surface area (Å²) < 4.78 is 0. The van der Waals surface area contributed by atoms with Gasteiger partial charge in [0.2, 0.25) is 0 Å². The van der Waals surface area contributed by atoms with Gasteiger partial charge >= 0.3 is 0 Å². The number of unbranched alkanes of at least 4 members (excludes halogenated alkanes) is 8. The zero-order valence-corrected chi connectivity index (χ0v) is 12.7. The molecule has 0 aromatic heterocycles. The number of allylic oxidation sites excluding steroid dienone is 1. The van der Waals surface area contributed by atoms with Gasteiger partial charge in [-0.15, -0.1) is 0 Å². The molecule has 1 radical (unpaired) electrons. The van der Waals surface area contributed by atoms with E-state index in [9.17, 15) is 0 Å². The Morgan fingerprint density at radius 2 is 1.80 bits per heavy atom. The fourth-order valence-electron chi connectivity index (χ4n) is 2.27. The van der Waals surface area contributed by atoms with Crippen LogP contribution < -0.4 is 0 Å². The van der Waals surface area contributed by atoms with Gasteiger partial charge < -0.3 is 0 Å². The highest BCUT2D eigenvalue weighted by Gasteiger charge is 1.92. The summed E-state index contributed by atoms with van der Waals surface area (Å²) >= 11 is 0. The number of benzene rings is 1. The summed E-state index contributed by atoms with van der Waals surface area (Å²) in [6, 6.07) is 10.7. The monoisotopic (exact) mass is 268 g/mol. The first-order valence-corrected chi connectivity index (χ1v) is 7.95. The van der Waals surface area contributed by atoms with Crippen LogP contribution in [-0.4, -0.2) is 0 Å². The van der Waals surface area contributed by atoms with E-state index in [4.69, 9.17) is 5.26 Å². The highest BCUT2D eigenvalue weighted by Crippen LogP contribution is 2.11. The maximum absolute atomic E-state index is 8.80. The van der Waals surface area contributed by atoms with Crippen LogP contribution in [0.1, 0.15) is 75.8 Å². The van der Waals surface area contributed by atoms with Crippen LogP contribution in [0.2, 0.25) is 0 Å². The Morgan fingerprint density at radius 1 is 1.10 bits per heavy atom. The first-order valence-electron chi connectivity index (χ1n) is 7.95. The third-order valence-corrected chi connectivity index (χ3v) is 3.48. The van der Waals surface area contributed by atoms with Gasteiger partial charge in [0.1, 0.15) is 0 Å². The SMILES string of the molecule is CCCCCCCCCCC=Cc1cc[c]c(C#N)c1. The van der Waals surface area contributed by atoms with E-state index < -0.39 is 0 Å². The van der Waals surface area contributed by atoms with Crippen LogP contribution in [0.5, 0.6) is 0 Å². The van der Waals surface area contributed by atoms with Gasteiger partial charge in [-0.2, -0.15) is 5.26 Å². The van der Waals surface area contributed by atoms with E-state index in [0.29, 0.717) is 5.56 Å². The fourth-order valence-corrected chi connectivity index (χ4v) is 2.27. The van der Waals surface area contributed by atoms with Gasteiger partial charge in [0.25, 0.3) is 0 Å². The van der Waals surface area contributed by atoms with Gasteiger partial charge in [-0.3, -0.25) is 0 Å². The molecule has 1 aromatic carbocycles. The second-order valence-electron chi connectivity index (χ2n) is 5.31. The summed E-state index contributed by atoms with van der Waals surface area (Å²) in [6.45, 7) is 2.26. The van der Waals surface area contributed by atoms with Crippen molar-refractivity contribution in [2.75, 3.05) is 0 Å². The zero-order chi connectivity index (χ0) is 14.5. The van der Waals surface area contributed by atoms with Crippen molar-refractivity contribution < 1.29 is 0 Å². The fraction of sp³-hybridized carbons (Fsp3) is 0.526. The van der Waals surface area contributed by atoms with Crippen molar-refractivity contribution in [3.63, 3.8) is 0 Å². The van der Waals surface area contributed by atoms with E-state index in [1.807, 2.05) is 18.2 Å². The molecule has 107 valence electrons. The Labute approximate surface area is 124 Å². The van der Waals surface area contributed by atoms with E-state index in [1.54, 1.807) is 0 Å². The summed E-state index contributed by atoms with van der Waals surface area (Å²) in [5.74, 6) is 0. The van der Waals surface area contributed by atoms with Crippen LogP contribution in [0.3, 0.4) is 0 Å². The van der Waals surface area contributed by atoms with Crippen LogP contribution in [-0.2, 0) is 0 Å². The molecule has 1 nitrogen and oxygen atoms in total. The van der Waals surface area contributed by atoms with E-state index >= 15 is 0 Å². The van der Waals surface area contributed by atoms with Gasteiger partial charge in [0.15, 0.2) is 0 Å². The maximum atomic E-state index is 8.80. The van der Waals surface area contributed by atoms with E-state index in [1.165, 1.54) is 51.4 Å². The highest BCUT2D eigenvalue weighted by molar-refractivity contribution is 5.51. The lowest BCUT2D eigenvalue weighted by molar-refractivity contribution is 0.578. The lowest BCUT2D eigenvalue weighted by Gasteiger charge is -2.00. The molecule has 1 heteroatoms. The minimum atomic E-state index is 0.610. The molecule has 20 heavy (non-hydrogen) atoms. The first-order chi connectivity index (χ1) is 9.86. The molecule has 0 saturated heterocycles. The van der Waals surface area contributed by atoms with E-state index in [2.05, 4.69) is 31.2 Å². The number of nitriles is 1. The van der Waals surface area contributed by atoms with Crippen molar-refractivity contribution in [1.82, 2.24) is 0 Å². The number of hydrogen-bond acceptors (Lipinski definition) is 1. The summed E-state index contributed by atoms with van der Waals surface area (Å²) in [5.41, 5.74) is 1.71. The van der Waals surface area contributed by atoms with Crippen molar-refractivity contribution in [2.24, 2.45) is 0 Å². The minimum Gasteiger partial charge on any atom is -0.192 e. The Morgan fingerprint density at radius 3 is 2.50 bits per heavy atom. The number of nitrogens with zero attached hydrogens (tertiary/aromatic N) is 1. The Hall–Kier alpha value is -1.55. The maximum Gasteiger partial charge on any atom is 0.0998 e. The largest absolute Gasteiger partial charge is 0.192 e. The highest BCUT2D eigenvalue weighted by atomic mass is 14.2. The molecule has 0 spiro atoms. The normalized spacial score (nSPS) is 10.8. The summed E-state index contributed by atoms with van der Waals surface area (Å²) in [7, 11) is 0. The van der Waals surface area contributed by atoms with Gasteiger partial charge in [-0.05, 0) is 24.5 Å². The number of hydrogen-bond donors (Lipinski definition) is 0. The second kappa shape index (κ2) is 11.3. The Kier molecular flexibility index (Phi) is 9.32. The molecule has 0 aliphatic rings. The van der Waals surface area contributed by atoms with Gasteiger partial charge in [-0.1, -0.05) is 76.2 Å². The lowest BCUT2D eigenvalue weighted by atomic mass is 10.1. The lowest BCUT2D eigenvalue weighted by Crippen LogP contribution is -1.80. The molecule has 0 heterocycles. The van der Waals surface area contributed by atoms with Gasteiger partial charge in [-0.25, -0.2) is 0 Å². The van der Waals surface area contributed by atoms with Gasteiger partial charge in [0.05, 0.1) is 11.6 Å². The van der Waals surface area contributed by atoms with Crippen LogP contribution in [0, 0.1) is 17.4 Å². The average molecular weight is 268 g/mol. The van der Waals surface area contributed by atoms with Crippen LogP contribution in [0.4, 0.5) is 0 Å². The van der Waals surface area contributed by atoms with Gasteiger partial charge in [0, 0.05) is 6.07 Å².